The Morgan fingerprint density at radius 2 is 0.900 bits per heavy atom. The maximum atomic E-state index is 10.9. The van der Waals surface area contributed by atoms with Crippen LogP contribution in [0.3, 0.4) is 0 Å². The second-order valence-electron chi connectivity index (χ2n) is 8.92. The summed E-state index contributed by atoms with van der Waals surface area (Å²) in [5.41, 5.74) is 0. The van der Waals surface area contributed by atoms with E-state index in [1.54, 1.807) is 0 Å². The van der Waals surface area contributed by atoms with E-state index in [4.69, 9.17) is 0 Å². The first-order valence-electron chi connectivity index (χ1n) is 12.5. The molecule has 0 fully saturated rings. The average Bonchev–Trinajstić information content (AvgIpc) is 2.68. The minimum Gasteiger partial charge on any atom is -0.748 e. The summed E-state index contributed by atoms with van der Waals surface area (Å²) in [5, 5.41) is 8.52. The zero-order chi connectivity index (χ0) is 21.8. The summed E-state index contributed by atoms with van der Waals surface area (Å²) in [6.07, 6.45) is 24.3. The molecule has 0 saturated heterocycles. The molecule has 0 aliphatic carbocycles. The number of hydrogen-bond acceptors (Lipinski definition) is 4. The van der Waals surface area contributed by atoms with Crippen LogP contribution in [0, 0.1) is 0 Å². The van der Waals surface area contributed by atoms with Crippen molar-refractivity contribution in [3.63, 3.8) is 0 Å². The third-order valence-corrected chi connectivity index (χ3v) is 7.33. The summed E-state index contributed by atoms with van der Waals surface area (Å²) in [6, 6.07) is 0. The Hall–Kier alpha value is 1.51. The van der Waals surface area contributed by atoms with Gasteiger partial charge in [0.05, 0.1) is 21.5 Å². The first kappa shape index (κ1) is 33.7. The zero-order valence-corrected chi connectivity index (χ0v) is 24.3. The van der Waals surface area contributed by atoms with Gasteiger partial charge in [0.1, 0.15) is 0 Å². The van der Waals surface area contributed by atoms with Crippen LogP contribution in [-0.2, 0) is 10.1 Å². The fourth-order valence-corrected chi connectivity index (χ4v) is 4.38. The molecule has 1 N–H and O–H groups in total. The standard InChI is InChI=1S/C24H50O4S.K/c1-3-4-5-6-7-8-9-10-11-12-13-14-15-16-17-18-19-20-21-22-24(25)23(2)29(26,27)28;/h23-25H,3-22H2,1-2H3,(H,26,27,28);/q;+1/p-1. The third kappa shape index (κ3) is 22.7. The summed E-state index contributed by atoms with van der Waals surface area (Å²) in [6.45, 7) is 3.57. The van der Waals surface area contributed by atoms with E-state index < -0.39 is 21.5 Å². The molecule has 4 nitrogen and oxygen atoms in total. The second kappa shape index (κ2) is 23.7. The molecule has 0 rings (SSSR count). The van der Waals surface area contributed by atoms with Crippen molar-refractivity contribution in [2.75, 3.05) is 0 Å². The fourth-order valence-electron chi connectivity index (χ4n) is 3.86. The van der Waals surface area contributed by atoms with E-state index in [0.29, 0.717) is 6.42 Å². The Morgan fingerprint density at radius 3 is 1.17 bits per heavy atom. The minimum atomic E-state index is -4.38. The Balaban J connectivity index is 0. The molecule has 0 aromatic rings. The molecule has 0 saturated carbocycles. The van der Waals surface area contributed by atoms with Gasteiger partial charge in [0.25, 0.3) is 0 Å². The summed E-state index contributed by atoms with van der Waals surface area (Å²) < 4.78 is 32.6. The van der Waals surface area contributed by atoms with Crippen molar-refractivity contribution in [3.05, 3.63) is 0 Å². The van der Waals surface area contributed by atoms with Gasteiger partial charge in [0, 0.05) is 0 Å². The van der Waals surface area contributed by atoms with Crippen molar-refractivity contribution in [1.82, 2.24) is 0 Å². The molecule has 0 bridgehead atoms. The Labute approximate surface area is 230 Å². The van der Waals surface area contributed by atoms with E-state index in [-0.39, 0.29) is 51.4 Å². The van der Waals surface area contributed by atoms with Crippen LogP contribution in [0.4, 0.5) is 0 Å². The summed E-state index contributed by atoms with van der Waals surface area (Å²) in [5.74, 6) is 0. The van der Waals surface area contributed by atoms with Gasteiger partial charge in [-0.1, -0.05) is 129 Å². The molecule has 0 aliphatic heterocycles. The van der Waals surface area contributed by atoms with Crippen LogP contribution >= 0.6 is 0 Å². The molecule has 2 unspecified atom stereocenters. The van der Waals surface area contributed by atoms with Crippen LogP contribution in [0.2, 0.25) is 0 Å². The van der Waals surface area contributed by atoms with Gasteiger partial charge in [0.2, 0.25) is 0 Å². The summed E-state index contributed by atoms with van der Waals surface area (Å²) >= 11 is 0. The van der Waals surface area contributed by atoms with Gasteiger partial charge >= 0.3 is 51.4 Å². The van der Waals surface area contributed by atoms with E-state index >= 15 is 0 Å². The van der Waals surface area contributed by atoms with Crippen LogP contribution in [0.25, 0.3) is 0 Å². The second-order valence-corrected chi connectivity index (χ2v) is 10.6. The van der Waals surface area contributed by atoms with Crippen LogP contribution in [0.5, 0.6) is 0 Å². The third-order valence-electron chi connectivity index (χ3n) is 6.10. The van der Waals surface area contributed by atoms with Crippen LogP contribution in [0.1, 0.15) is 142 Å². The smallest absolute Gasteiger partial charge is 0.748 e. The molecular weight excluding hydrogens is 423 g/mol. The van der Waals surface area contributed by atoms with Crippen molar-refractivity contribution in [2.24, 2.45) is 0 Å². The van der Waals surface area contributed by atoms with Crippen LogP contribution in [-0.4, -0.2) is 29.4 Å². The molecule has 176 valence electrons. The van der Waals surface area contributed by atoms with Crippen molar-refractivity contribution in [3.8, 4) is 0 Å². The molecule has 0 aromatic carbocycles. The van der Waals surface area contributed by atoms with Gasteiger partial charge in [0.15, 0.2) is 0 Å². The molecule has 2 atom stereocenters. The van der Waals surface area contributed by atoms with Gasteiger partial charge < -0.3 is 9.66 Å². The molecule has 30 heavy (non-hydrogen) atoms. The SMILES string of the molecule is CCCCCCCCCCCCCCCCCCCCCC(O)C(C)S(=O)(=O)[O-].[K+]. The van der Waals surface area contributed by atoms with Crippen molar-refractivity contribution < 1.29 is 69.5 Å². The maximum absolute atomic E-state index is 10.9. The number of hydrogen-bond donors (Lipinski definition) is 1. The van der Waals surface area contributed by atoms with Gasteiger partial charge in [-0.3, -0.25) is 0 Å². The van der Waals surface area contributed by atoms with Crippen molar-refractivity contribution in [1.29, 1.82) is 0 Å². The van der Waals surface area contributed by atoms with E-state index in [2.05, 4.69) is 6.92 Å². The maximum Gasteiger partial charge on any atom is 1.00 e. The molecular formula is C24H49KO4S. The Kier molecular flexibility index (Phi) is 26.6. The van der Waals surface area contributed by atoms with E-state index in [9.17, 15) is 18.1 Å². The van der Waals surface area contributed by atoms with Gasteiger partial charge in [-0.05, 0) is 13.3 Å². The predicted octanol–water partition coefficient (Wildman–Crippen LogP) is 4.11. The monoisotopic (exact) mass is 472 g/mol. The number of rotatable bonds is 22. The van der Waals surface area contributed by atoms with Gasteiger partial charge in [-0.2, -0.15) is 0 Å². The van der Waals surface area contributed by atoms with Crippen molar-refractivity contribution >= 4 is 10.1 Å². The van der Waals surface area contributed by atoms with E-state index in [1.165, 1.54) is 110 Å². The summed E-state index contributed by atoms with van der Waals surface area (Å²) in [7, 11) is -4.38. The molecule has 0 amide bonds. The van der Waals surface area contributed by atoms with Crippen molar-refractivity contribution in [2.45, 2.75) is 154 Å². The average molecular weight is 473 g/mol. The molecule has 0 aromatic heterocycles. The molecule has 0 aliphatic rings. The molecule has 0 heterocycles. The first-order chi connectivity index (χ1) is 13.9. The largest absolute Gasteiger partial charge is 1.00 e. The Bertz CT molecular complexity index is 442. The predicted molar refractivity (Wildman–Crippen MR) is 123 cm³/mol. The van der Waals surface area contributed by atoms with Crippen LogP contribution in [0.15, 0.2) is 0 Å². The zero-order valence-electron chi connectivity index (χ0n) is 20.4. The Morgan fingerprint density at radius 1 is 0.633 bits per heavy atom. The fraction of sp³-hybridized carbons (Fsp3) is 1.00. The number of aliphatic hydroxyl groups excluding tert-OH is 1. The number of aliphatic hydroxyl groups is 1. The van der Waals surface area contributed by atoms with Crippen LogP contribution < -0.4 is 51.4 Å². The van der Waals surface area contributed by atoms with E-state index in [1.807, 2.05) is 0 Å². The van der Waals surface area contributed by atoms with Gasteiger partial charge in [-0.25, -0.2) is 8.42 Å². The van der Waals surface area contributed by atoms with E-state index in [0.717, 1.165) is 19.3 Å². The normalized spacial score (nSPS) is 13.7. The summed E-state index contributed by atoms with van der Waals surface area (Å²) in [4.78, 5) is 0. The molecule has 0 radical (unpaired) electrons. The molecule has 6 heteroatoms. The molecule has 0 spiro atoms. The quantitative estimate of drug-likeness (QED) is 0.146. The van der Waals surface area contributed by atoms with Gasteiger partial charge in [-0.15, -0.1) is 0 Å². The number of unbranched alkanes of at least 4 members (excludes halogenated alkanes) is 18. The topological polar surface area (TPSA) is 77.4 Å². The minimum absolute atomic E-state index is 0. The first-order valence-corrected chi connectivity index (χ1v) is 14.0.